The van der Waals surface area contributed by atoms with Crippen LogP contribution < -0.4 is 5.32 Å². The van der Waals surface area contributed by atoms with Crippen LogP contribution >= 0.6 is 0 Å². The molecule has 0 saturated heterocycles. The molecule has 2 N–H and O–H groups in total. The molecule has 0 spiro atoms. The first kappa shape index (κ1) is 15.4. The van der Waals surface area contributed by atoms with Gasteiger partial charge in [0.25, 0.3) is 0 Å². The highest BCUT2D eigenvalue weighted by atomic mass is 16.4. The smallest absolute Gasteiger partial charge is 0.323 e. The Bertz CT molecular complexity index is 267. The van der Waals surface area contributed by atoms with Crippen molar-refractivity contribution in [2.24, 2.45) is 5.92 Å². The molecule has 18 heavy (non-hydrogen) atoms. The molecule has 106 valence electrons. The molecule has 1 unspecified atom stereocenters. The van der Waals surface area contributed by atoms with Crippen LogP contribution in [0.2, 0.25) is 0 Å². The first-order valence-electron chi connectivity index (χ1n) is 7.22. The van der Waals surface area contributed by atoms with Crippen molar-refractivity contribution >= 4 is 5.97 Å². The maximum Gasteiger partial charge on any atom is 0.323 e. The summed E-state index contributed by atoms with van der Waals surface area (Å²) < 4.78 is 0. The van der Waals surface area contributed by atoms with E-state index in [9.17, 15) is 9.90 Å². The Balaban J connectivity index is 2.40. The topological polar surface area (TPSA) is 52.6 Å². The van der Waals surface area contributed by atoms with Gasteiger partial charge in [-0.25, -0.2) is 0 Å². The molecule has 1 fully saturated rings. The number of carboxylic acid groups (broad SMARTS) is 1. The Kier molecular flexibility index (Phi) is 6.09. The van der Waals surface area contributed by atoms with E-state index in [-0.39, 0.29) is 0 Å². The van der Waals surface area contributed by atoms with E-state index in [4.69, 9.17) is 0 Å². The highest BCUT2D eigenvalue weighted by Crippen LogP contribution is 2.27. The van der Waals surface area contributed by atoms with Crippen LogP contribution in [0.25, 0.3) is 0 Å². The van der Waals surface area contributed by atoms with Gasteiger partial charge in [-0.05, 0) is 45.2 Å². The molecule has 1 aliphatic carbocycles. The van der Waals surface area contributed by atoms with Crippen molar-refractivity contribution in [1.82, 2.24) is 10.2 Å². The molecular weight excluding hydrogens is 228 g/mol. The molecule has 0 aromatic carbocycles. The van der Waals surface area contributed by atoms with Gasteiger partial charge in [-0.15, -0.1) is 0 Å². The van der Waals surface area contributed by atoms with Crippen LogP contribution in [-0.4, -0.2) is 47.7 Å². The molecule has 1 atom stereocenters. The molecule has 0 amide bonds. The molecule has 4 nitrogen and oxygen atoms in total. The Hall–Kier alpha value is -0.610. The first-order chi connectivity index (χ1) is 8.51. The fourth-order valence-electron chi connectivity index (χ4n) is 2.46. The van der Waals surface area contributed by atoms with Gasteiger partial charge >= 0.3 is 5.97 Å². The average Bonchev–Trinajstić information content (AvgIpc) is 2.27. The van der Waals surface area contributed by atoms with Crippen molar-refractivity contribution in [3.05, 3.63) is 0 Å². The number of likely N-dealkylation sites (N-methyl/N-ethyl adjacent to an activating group) is 1. The Labute approximate surface area is 111 Å². The number of hydrogen-bond donors (Lipinski definition) is 2. The van der Waals surface area contributed by atoms with Gasteiger partial charge in [0.2, 0.25) is 0 Å². The van der Waals surface area contributed by atoms with Gasteiger partial charge in [-0.2, -0.15) is 0 Å². The summed E-state index contributed by atoms with van der Waals surface area (Å²) in [5.41, 5.74) is -0.790. The second kappa shape index (κ2) is 7.10. The minimum absolute atomic E-state index is 0.663. The normalized spacial score (nSPS) is 19.6. The van der Waals surface area contributed by atoms with Gasteiger partial charge in [0.1, 0.15) is 5.54 Å². The largest absolute Gasteiger partial charge is 0.480 e. The van der Waals surface area contributed by atoms with E-state index in [1.165, 1.54) is 19.3 Å². The van der Waals surface area contributed by atoms with E-state index in [0.717, 1.165) is 25.6 Å². The Morgan fingerprint density at radius 2 is 2.11 bits per heavy atom. The lowest BCUT2D eigenvalue weighted by atomic mass is 9.85. The van der Waals surface area contributed by atoms with Gasteiger partial charge in [-0.1, -0.05) is 20.3 Å². The van der Waals surface area contributed by atoms with Crippen molar-refractivity contribution in [2.75, 3.05) is 26.2 Å². The molecular formula is C14H28N2O2. The lowest BCUT2D eigenvalue weighted by Crippen LogP contribution is -2.51. The average molecular weight is 256 g/mol. The summed E-state index contributed by atoms with van der Waals surface area (Å²) in [4.78, 5) is 13.7. The number of carboxylic acids is 1. The minimum Gasteiger partial charge on any atom is -0.480 e. The minimum atomic E-state index is -0.790. The molecule has 1 saturated carbocycles. The van der Waals surface area contributed by atoms with Crippen molar-refractivity contribution in [2.45, 2.75) is 52.0 Å². The third-order valence-electron chi connectivity index (χ3n) is 4.16. The second-order valence-electron chi connectivity index (χ2n) is 5.61. The highest BCUT2D eigenvalue weighted by molar-refractivity contribution is 5.78. The molecule has 1 rings (SSSR count). The molecule has 0 aromatic rings. The van der Waals surface area contributed by atoms with Crippen molar-refractivity contribution < 1.29 is 9.90 Å². The maximum absolute atomic E-state index is 11.3. The molecule has 0 radical (unpaired) electrons. The summed E-state index contributed by atoms with van der Waals surface area (Å²) in [6, 6.07) is 0. The zero-order chi connectivity index (χ0) is 13.6. The number of hydrogen-bond acceptors (Lipinski definition) is 3. The molecule has 1 aliphatic rings. The van der Waals surface area contributed by atoms with Crippen LogP contribution in [0.15, 0.2) is 0 Å². The Morgan fingerprint density at radius 1 is 1.44 bits per heavy atom. The van der Waals surface area contributed by atoms with E-state index in [1.807, 2.05) is 6.92 Å². The van der Waals surface area contributed by atoms with E-state index >= 15 is 0 Å². The fraction of sp³-hybridized carbons (Fsp3) is 0.929. The van der Waals surface area contributed by atoms with Gasteiger partial charge in [-0.3, -0.25) is 4.79 Å². The molecule has 0 bridgehead atoms. The summed E-state index contributed by atoms with van der Waals surface area (Å²) >= 11 is 0. The molecule has 0 heterocycles. The maximum atomic E-state index is 11.3. The second-order valence-corrected chi connectivity index (χ2v) is 5.61. The summed E-state index contributed by atoms with van der Waals surface area (Å²) in [5.74, 6) is 0.101. The number of nitrogens with one attached hydrogen (secondary N) is 1. The molecule has 0 aliphatic heterocycles. The summed E-state index contributed by atoms with van der Waals surface area (Å²) in [5, 5.41) is 12.4. The van der Waals surface area contributed by atoms with Crippen LogP contribution in [0.4, 0.5) is 0 Å². The van der Waals surface area contributed by atoms with Crippen LogP contribution in [0.3, 0.4) is 0 Å². The molecule has 4 heteroatoms. The van der Waals surface area contributed by atoms with Crippen molar-refractivity contribution in [1.29, 1.82) is 0 Å². The van der Waals surface area contributed by atoms with Gasteiger partial charge in [0.05, 0.1) is 0 Å². The third-order valence-corrected chi connectivity index (χ3v) is 4.16. The van der Waals surface area contributed by atoms with Gasteiger partial charge < -0.3 is 15.3 Å². The van der Waals surface area contributed by atoms with Crippen LogP contribution in [0.1, 0.15) is 46.5 Å². The highest BCUT2D eigenvalue weighted by Gasteiger charge is 2.32. The quantitative estimate of drug-likeness (QED) is 0.662. The SMILES string of the molecule is CCNC(C)(CCN(CC)CC1CCC1)C(=O)O. The number of aliphatic carboxylic acids is 1. The zero-order valence-corrected chi connectivity index (χ0v) is 12.0. The third kappa shape index (κ3) is 4.25. The number of rotatable bonds is 9. The molecule has 0 aromatic heterocycles. The summed E-state index contributed by atoms with van der Waals surface area (Å²) in [6.07, 6.45) is 4.73. The number of carbonyl (C=O) groups is 1. The van der Waals surface area contributed by atoms with E-state index in [1.54, 1.807) is 6.92 Å². The van der Waals surface area contributed by atoms with E-state index in [0.29, 0.717) is 13.0 Å². The zero-order valence-electron chi connectivity index (χ0n) is 12.0. The van der Waals surface area contributed by atoms with E-state index < -0.39 is 11.5 Å². The summed E-state index contributed by atoms with van der Waals surface area (Å²) in [7, 11) is 0. The summed E-state index contributed by atoms with van der Waals surface area (Å²) in [6.45, 7) is 9.60. The monoisotopic (exact) mass is 256 g/mol. The van der Waals surface area contributed by atoms with Crippen LogP contribution in [-0.2, 0) is 4.79 Å². The van der Waals surface area contributed by atoms with Crippen molar-refractivity contribution in [3.63, 3.8) is 0 Å². The number of nitrogens with zero attached hydrogens (tertiary/aromatic N) is 1. The van der Waals surface area contributed by atoms with Gasteiger partial charge in [0.15, 0.2) is 0 Å². The first-order valence-corrected chi connectivity index (χ1v) is 7.22. The van der Waals surface area contributed by atoms with Gasteiger partial charge in [0, 0.05) is 13.1 Å². The lowest BCUT2D eigenvalue weighted by molar-refractivity contribution is -0.144. The predicted octanol–water partition coefficient (Wildman–Crippen LogP) is 1.95. The Morgan fingerprint density at radius 3 is 2.50 bits per heavy atom. The standard InChI is InChI=1S/C14H28N2O2/c1-4-15-14(3,13(17)18)9-10-16(5-2)11-12-7-6-8-12/h12,15H,4-11H2,1-3H3,(H,17,18). The lowest BCUT2D eigenvalue weighted by Gasteiger charge is -2.34. The fourth-order valence-corrected chi connectivity index (χ4v) is 2.46. The predicted molar refractivity (Wildman–Crippen MR) is 73.8 cm³/mol. The van der Waals surface area contributed by atoms with Crippen LogP contribution in [0, 0.1) is 5.92 Å². The van der Waals surface area contributed by atoms with Crippen molar-refractivity contribution in [3.8, 4) is 0 Å². The van der Waals surface area contributed by atoms with E-state index in [2.05, 4.69) is 17.1 Å². The van der Waals surface area contributed by atoms with Crippen LogP contribution in [0.5, 0.6) is 0 Å².